The fraction of sp³-hybridized carbons (Fsp3) is 0.579. The van der Waals surface area contributed by atoms with Crippen LogP contribution in [0.25, 0.3) is 0 Å². The van der Waals surface area contributed by atoms with Gasteiger partial charge in [0.25, 0.3) is 0 Å². The highest BCUT2D eigenvalue weighted by Gasteiger charge is 2.22. The molecule has 134 valence electrons. The third kappa shape index (κ3) is 3.35. The van der Waals surface area contributed by atoms with Gasteiger partial charge in [-0.3, -0.25) is 0 Å². The number of fused-ring (bicyclic) bond motifs is 2. The van der Waals surface area contributed by atoms with Crippen molar-refractivity contribution >= 4 is 0 Å². The summed E-state index contributed by atoms with van der Waals surface area (Å²) in [5, 5.41) is 12.2. The molecule has 1 aromatic carbocycles. The van der Waals surface area contributed by atoms with E-state index in [2.05, 4.69) is 39.1 Å². The zero-order chi connectivity index (χ0) is 17.2. The molecule has 0 spiro atoms. The van der Waals surface area contributed by atoms with E-state index in [0.29, 0.717) is 13.2 Å². The molecule has 3 heterocycles. The first kappa shape index (κ1) is 16.4. The van der Waals surface area contributed by atoms with E-state index in [1.807, 2.05) is 6.92 Å². The molecule has 0 saturated carbocycles. The van der Waals surface area contributed by atoms with E-state index in [0.717, 1.165) is 54.6 Å². The first-order valence-electron chi connectivity index (χ1n) is 9.31. The summed E-state index contributed by atoms with van der Waals surface area (Å²) in [7, 11) is 0. The molecule has 1 atom stereocenters. The fourth-order valence-electron chi connectivity index (χ4n) is 3.72. The van der Waals surface area contributed by atoms with Crippen molar-refractivity contribution in [3.05, 3.63) is 34.9 Å². The molecule has 25 heavy (non-hydrogen) atoms. The van der Waals surface area contributed by atoms with Gasteiger partial charge in [-0.25, -0.2) is 0 Å². The van der Waals surface area contributed by atoms with Crippen LogP contribution in [0.3, 0.4) is 0 Å². The van der Waals surface area contributed by atoms with Gasteiger partial charge in [-0.1, -0.05) is 0 Å². The van der Waals surface area contributed by atoms with Crippen molar-refractivity contribution < 1.29 is 9.47 Å². The number of ether oxygens (including phenoxy) is 2. The number of nitrogens with one attached hydrogen (secondary N) is 1. The van der Waals surface area contributed by atoms with Gasteiger partial charge in [-0.05, 0) is 38.8 Å². The minimum absolute atomic E-state index is 0.246. The predicted octanol–water partition coefficient (Wildman–Crippen LogP) is 2.63. The van der Waals surface area contributed by atoms with Crippen LogP contribution in [0.5, 0.6) is 11.5 Å². The van der Waals surface area contributed by atoms with Crippen LogP contribution in [0.15, 0.2) is 12.1 Å². The zero-order valence-electron chi connectivity index (χ0n) is 15.0. The van der Waals surface area contributed by atoms with Crippen molar-refractivity contribution in [2.75, 3.05) is 6.61 Å². The van der Waals surface area contributed by atoms with Crippen molar-refractivity contribution in [1.29, 1.82) is 0 Å². The first-order valence-corrected chi connectivity index (χ1v) is 9.31. The summed E-state index contributed by atoms with van der Waals surface area (Å²) in [4.78, 5) is 0. The second kappa shape index (κ2) is 7.04. The van der Waals surface area contributed by atoms with Gasteiger partial charge < -0.3 is 19.4 Å². The lowest BCUT2D eigenvalue weighted by Gasteiger charge is -2.16. The standard InChI is InChI=1S/C19H26N4O2/c1-3-24-16-9-14-8-13(2)25-17(14)10-15(16)11-20-12-19-22-21-18-6-4-5-7-23(18)19/h9-10,13,20H,3-8,11-12H2,1-2H3. The first-order chi connectivity index (χ1) is 12.2. The van der Waals surface area contributed by atoms with Crippen molar-refractivity contribution in [3.63, 3.8) is 0 Å². The fourth-order valence-corrected chi connectivity index (χ4v) is 3.72. The molecule has 0 aliphatic carbocycles. The van der Waals surface area contributed by atoms with Crippen molar-refractivity contribution in [2.24, 2.45) is 0 Å². The van der Waals surface area contributed by atoms with Crippen LogP contribution in [0, 0.1) is 0 Å². The molecular weight excluding hydrogens is 316 g/mol. The van der Waals surface area contributed by atoms with Crippen LogP contribution in [-0.2, 0) is 32.5 Å². The smallest absolute Gasteiger partial charge is 0.147 e. The van der Waals surface area contributed by atoms with Crippen LogP contribution in [0.4, 0.5) is 0 Å². The Balaban J connectivity index is 1.45. The van der Waals surface area contributed by atoms with Crippen LogP contribution < -0.4 is 14.8 Å². The number of aryl methyl sites for hydroxylation is 1. The molecule has 0 radical (unpaired) electrons. The Morgan fingerprint density at radius 3 is 3.08 bits per heavy atom. The van der Waals surface area contributed by atoms with Crippen LogP contribution >= 0.6 is 0 Å². The van der Waals surface area contributed by atoms with Gasteiger partial charge in [0, 0.05) is 37.1 Å². The van der Waals surface area contributed by atoms with Gasteiger partial charge in [0.15, 0.2) is 0 Å². The molecule has 4 rings (SSSR count). The number of rotatable bonds is 6. The summed E-state index contributed by atoms with van der Waals surface area (Å²) >= 11 is 0. The molecule has 2 aliphatic rings. The Morgan fingerprint density at radius 2 is 2.20 bits per heavy atom. The summed E-state index contributed by atoms with van der Waals surface area (Å²) < 4.78 is 14.0. The highest BCUT2D eigenvalue weighted by molar-refractivity contribution is 5.48. The van der Waals surface area contributed by atoms with E-state index in [1.165, 1.54) is 18.4 Å². The Labute approximate surface area is 148 Å². The molecule has 6 nitrogen and oxygen atoms in total. The van der Waals surface area contributed by atoms with Gasteiger partial charge in [0.05, 0.1) is 13.2 Å². The molecule has 0 bridgehead atoms. The Morgan fingerprint density at radius 1 is 1.28 bits per heavy atom. The quantitative estimate of drug-likeness (QED) is 0.874. The molecular formula is C19H26N4O2. The SMILES string of the molecule is CCOc1cc2c(cc1CNCc1nnc3n1CCCC3)OC(C)C2. The normalized spacial score (nSPS) is 18.6. The van der Waals surface area contributed by atoms with Crippen molar-refractivity contribution in [1.82, 2.24) is 20.1 Å². The summed E-state index contributed by atoms with van der Waals surface area (Å²) in [5.41, 5.74) is 2.37. The summed E-state index contributed by atoms with van der Waals surface area (Å²) in [6.45, 7) is 7.27. The van der Waals surface area contributed by atoms with E-state index in [-0.39, 0.29) is 6.10 Å². The van der Waals surface area contributed by atoms with Gasteiger partial charge in [-0.2, -0.15) is 0 Å². The molecule has 1 aromatic heterocycles. The minimum Gasteiger partial charge on any atom is -0.494 e. The second-order valence-corrected chi connectivity index (χ2v) is 6.88. The maximum atomic E-state index is 5.90. The molecule has 6 heteroatoms. The molecule has 0 fully saturated rings. The summed E-state index contributed by atoms with van der Waals surface area (Å²) in [6.07, 6.45) is 4.68. The number of aromatic nitrogens is 3. The molecule has 0 saturated heterocycles. The largest absolute Gasteiger partial charge is 0.494 e. The third-order valence-electron chi connectivity index (χ3n) is 4.91. The maximum absolute atomic E-state index is 5.90. The predicted molar refractivity (Wildman–Crippen MR) is 94.9 cm³/mol. The van der Waals surface area contributed by atoms with Crippen LogP contribution in [-0.4, -0.2) is 27.5 Å². The lowest BCUT2D eigenvalue weighted by molar-refractivity contribution is 0.254. The van der Waals surface area contributed by atoms with E-state index >= 15 is 0 Å². The van der Waals surface area contributed by atoms with E-state index < -0.39 is 0 Å². The van der Waals surface area contributed by atoms with E-state index in [1.54, 1.807) is 0 Å². The average molecular weight is 342 g/mol. The second-order valence-electron chi connectivity index (χ2n) is 6.88. The third-order valence-corrected chi connectivity index (χ3v) is 4.91. The van der Waals surface area contributed by atoms with Gasteiger partial charge >= 0.3 is 0 Å². The van der Waals surface area contributed by atoms with E-state index in [9.17, 15) is 0 Å². The van der Waals surface area contributed by atoms with Crippen LogP contribution in [0.2, 0.25) is 0 Å². The van der Waals surface area contributed by atoms with Gasteiger partial charge in [0.1, 0.15) is 29.3 Å². The van der Waals surface area contributed by atoms with E-state index in [4.69, 9.17) is 9.47 Å². The number of hydrogen-bond acceptors (Lipinski definition) is 5. The monoisotopic (exact) mass is 342 g/mol. The van der Waals surface area contributed by atoms with Crippen LogP contribution in [0.1, 0.15) is 49.5 Å². The van der Waals surface area contributed by atoms with Gasteiger partial charge in [-0.15, -0.1) is 10.2 Å². The molecule has 1 N–H and O–H groups in total. The lowest BCUT2D eigenvalue weighted by Crippen LogP contribution is -2.20. The van der Waals surface area contributed by atoms with Crippen molar-refractivity contribution in [3.8, 4) is 11.5 Å². The number of hydrogen-bond donors (Lipinski definition) is 1. The highest BCUT2D eigenvalue weighted by atomic mass is 16.5. The lowest BCUT2D eigenvalue weighted by atomic mass is 10.1. The molecule has 0 amide bonds. The highest BCUT2D eigenvalue weighted by Crippen LogP contribution is 2.35. The van der Waals surface area contributed by atoms with Gasteiger partial charge in [0.2, 0.25) is 0 Å². The average Bonchev–Trinajstić information content (AvgIpc) is 3.18. The number of nitrogens with zero attached hydrogens (tertiary/aromatic N) is 3. The zero-order valence-corrected chi connectivity index (χ0v) is 15.0. The topological polar surface area (TPSA) is 61.2 Å². The number of benzene rings is 1. The molecule has 2 aliphatic heterocycles. The Hall–Kier alpha value is -2.08. The molecule has 2 aromatic rings. The maximum Gasteiger partial charge on any atom is 0.147 e. The summed E-state index contributed by atoms with van der Waals surface area (Å²) in [5.74, 6) is 4.10. The van der Waals surface area contributed by atoms with Crippen molar-refractivity contribution in [2.45, 2.75) is 65.3 Å². The Bertz CT molecular complexity index is 756. The minimum atomic E-state index is 0.246. The summed E-state index contributed by atoms with van der Waals surface area (Å²) in [6, 6.07) is 4.26. The Kier molecular flexibility index (Phi) is 4.61. The molecule has 1 unspecified atom stereocenters.